The third-order valence-corrected chi connectivity index (χ3v) is 2.02. The van der Waals surface area contributed by atoms with Gasteiger partial charge >= 0.3 is 0 Å². The van der Waals surface area contributed by atoms with E-state index in [0.29, 0.717) is 6.54 Å². The SMILES string of the molecule is CN(CC(C)(C)C)c1nccnc1CN. The van der Waals surface area contributed by atoms with Crippen molar-refractivity contribution >= 4 is 5.82 Å². The van der Waals surface area contributed by atoms with Gasteiger partial charge in [-0.1, -0.05) is 20.8 Å². The number of aromatic nitrogens is 2. The van der Waals surface area contributed by atoms with Crippen LogP contribution in [-0.2, 0) is 6.54 Å². The molecule has 1 aromatic heterocycles. The van der Waals surface area contributed by atoms with Crippen LogP contribution in [0.2, 0.25) is 0 Å². The Hall–Kier alpha value is -1.16. The average Bonchev–Trinajstić information content (AvgIpc) is 2.15. The van der Waals surface area contributed by atoms with Gasteiger partial charge in [0.05, 0.1) is 5.69 Å². The molecule has 4 nitrogen and oxygen atoms in total. The lowest BCUT2D eigenvalue weighted by molar-refractivity contribution is 0.417. The summed E-state index contributed by atoms with van der Waals surface area (Å²) in [4.78, 5) is 10.6. The van der Waals surface area contributed by atoms with Crippen molar-refractivity contribution in [3.05, 3.63) is 18.1 Å². The lowest BCUT2D eigenvalue weighted by atomic mass is 9.96. The van der Waals surface area contributed by atoms with Gasteiger partial charge in [-0.05, 0) is 5.41 Å². The summed E-state index contributed by atoms with van der Waals surface area (Å²) in [5.74, 6) is 0.884. The fourth-order valence-electron chi connectivity index (χ4n) is 1.61. The molecule has 0 radical (unpaired) electrons. The summed E-state index contributed by atoms with van der Waals surface area (Å²) in [5, 5.41) is 0. The summed E-state index contributed by atoms with van der Waals surface area (Å²) in [6.45, 7) is 7.95. The number of nitrogens with two attached hydrogens (primary N) is 1. The van der Waals surface area contributed by atoms with Gasteiger partial charge in [-0.2, -0.15) is 0 Å². The monoisotopic (exact) mass is 208 g/mol. The first kappa shape index (κ1) is 11.9. The molecule has 0 spiro atoms. The lowest BCUT2D eigenvalue weighted by Gasteiger charge is -2.28. The van der Waals surface area contributed by atoms with Gasteiger partial charge in [0.15, 0.2) is 5.82 Å². The van der Waals surface area contributed by atoms with Crippen molar-refractivity contribution in [3.63, 3.8) is 0 Å². The fraction of sp³-hybridized carbons (Fsp3) is 0.636. The number of anilines is 1. The highest BCUT2D eigenvalue weighted by molar-refractivity contribution is 5.42. The standard InChI is InChI=1S/C11H20N4/c1-11(2,3)8-15(4)10-9(7-12)13-5-6-14-10/h5-6H,7-8,12H2,1-4H3. The maximum Gasteiger partial charge on any atom is 0.151 e. The first-order valence-corrected chi connectivity index (χ1v) is 5.15. The average molecular weight is 208 g/mol. The third-order valence-electron chi connectivity index (χ3n) is 2.02. The Morgan fingerprint density at radius 2 is 1.87 bits per heavy atom. The van der Waals surface area contributed by atoms with E-state index in [1.54, 1.807) is 12.4 Å². The summed E-state index contributed by atoms with van der Waals surface area (Å²) in [6, 6.07) is 0. The van der Waals surface area contributed by atoms with Crippen LogP contribution in [0.25, 0.3) is 0 Å². The van der Waals surface area contributed by atoms with E-state index in [-0.39, 0.29) is 5.41 Å². The van der Waals surface area contributed by atoms with Gasteiger partial charge in [-0.3, -0.25) is 4.98 Å². The van der Waals surface area contributed by atoms with Crippen LogP contribution in [0.5, 0.6) is 0 Å². The molecule has 15 heavy (non-hydrogen) atoms. The highest BCUT2D eigenvalue weighted by atomic mass is 15.2. The van der Waals surface area contributed by atoms with Crippen LogP contribution in [0.1, 0.15) is 26.5 Å². The van der Waals surface area contributed by atoms with E-state index >= 15 is 0 Å². The zero-order chi connectivity index (χ0) is 11.5. The minimum Gasteiger partial charge on any atom is -0.358 e. The second kappa shape index (κ2) is 4.57. The summed E-state index contributed by atoms with van der Waals surface area (Å²) < 4.78 is 0. The molecule has 0 aromatic carbocycles. The van der Waals surface area contributed by atoms with Crippen molar-refractivity contribution in [1.29, 1.82) is 0 Å². The molecule has 0 saturated carbocycles. The van der Waals surface area contributed by atoms with Gasteiger partial charge < -0.3 is 10.6 Å². The highest BCUT2D eigenvalue weighted by Crippen LogP contribution is 2.19. The molecule has 1 heterocycles. The number of nitrogens with zero attached hydrogens (tertiary/aromatic N) is 3. The minimum atomic E-state index is 0.234. The van der Waals surface area contributed by atoms with E-state index in [2.05, 4.69) is 35.6 Å². The van der Waals surface area contributed by atoms with E-state index in [0.717, 1.165) is 18.1 Å². The molecule has 0 aliphatic heterocycles. The van der Waals surface area contributed by atoms with Crippen molar-refractivity contribution in [2.24, 2.45) is 11.1 Å². The van der Waals surface area contributed by atoms with Crippen LogP contribution in [0.15, 0.2) is 12.4 Å². The van der Waals surface area contributed by atoms with Gasteiger partial charge in [0, 0.05) is 32.5 Å². The summed E-state index contributed by atoms with van der Waals surface area (Å²) in [7, 11) is 2.02. The van der Waals surface area contributed by atoms with Gasteiger partial charge in [0.2, 0.25) is 0 Å². The molecule has 0 saturated heterocycles. The topological polar surface area (TPSA) is 55.0 Å². The normalized spacial score (nSPS) is 11.5. The van der Waals surface area contributed by atoms with E-state index < -0.39 is 0 Å². The van der Waals surface area contributed by atoms with E-state index in [4.69, 9.17) is 5.73 Å². The Bertz CT molecular complexity index is 317. The Labute approximate surface area is 91.5 Å². The fourth-order valence-corrected chi connectivity index (χ4v) is 1.61. The Morgan fingerprint density at radius 3 is 2.40 bits per heavy atom. The first-order valence-electron chi connectivity index (χ1n) is 5.15. The zero-order valence-corrected chi connectivity index (χ0v) is 9.99. The molecular formula is C11H20N4. The molecule has 84 valence electrons. The van der Waals surface area contributed by atoms with Gasteiger partial charge in [0.25, 0.3) is 0 Å². The van der Waals surface area contributed by atoms with Crippen molar-refractivity contribution in [2.45, 2.75) is 27.3 Å². The molecule has 0 amide bonds. The van der Waals surface area contributed by atoms with Crippen molar-refractivity contribution < 1.29 is 0 Å². The molecular weight excluding hydrogens is 188 g/mol. The predicted molar refractivity (Wildman–Crippen MR) is 62.6 cm³/mol. The van der Waals surface area contributed by atoms with Crippen molar-refractivity contribution in [3.8, 4) is 0 Å². The van der Waals surface area contributed by atoms with Crippen molar-refractivity contribution in [2.75, 3.05) is 18.5 Å². The number of hydrogen-bond donors (Lipinski definition) is 1. The molecule has 0 aliphatic rings. The summed E-state index contributed by atoms with van der Waals surface area (Å²) in [6.07, 6.45) is 3.38. The van der Waals surface area contributed by atoms with Crippen LogP contribution in [-0.4, -0.2) is 23.6 Å². The van der Waals surface area contributed by atoms with Crippen LogP contribution >= 0.6 is 0 Å². The maximum atomic E-state index is 5.62. The Kier molecular flexibility index (Phi) is 3.63. The van der Waals surface area contributed by atoms with Gasteiger partial charge in [-0.25, -0.2) is 4.98 Å². The summed E-state index contributed by atoms with van der Waals surface area (Å²) >= 11 is 0. The molecule has 4 heteroatoms. The molecule has 0 unspecified atom stereocenters. The zero-order valence-electron chi connectivity index (χ0n) is 9.99. The van der Waals surface area contributed by atoms with Gasteiger partial charge in [-0.15, -0.1) is 0 Å². The minimum absolute atomic E-state index is 0.234. The number of rotatable bonds is 3. The van der Waals surface area contributed by atoms with Crippen LogP contribution in [0, 0.1) is 5.41 Å². The van der Waals surface area contributed by atoms with Crippen LogP contribution in [0.3, 0.4) is 0 Å². The Morgan fingerprint density at radius 1 is 1.27 bits per heavy atom. The molecule has 2 N–H and O–H groups in total. The third kappa shape index (κ3) is 3.47. The van der Waals surface area contributed by atoms with Crippen LogP contribution in [0.4, 0.5) is 5.82 Å². The van der Waals surface area contributed by atoms with Crippen molar-refractivity contribution in [1.82, 2.24) is 9.97 Å². The maximum absolute atomic E-state index is 5.62. The summed E-state index contributed by atoms with van der Waals surface area (Å²) in [5.41, 5.74) is 6.71. The second-order valence-corrected chi connectivity index (χ2v) is 4.95. The smallest absolute Gasteiger partial charge is 0.151 e. The second-order valence-electron chi connectivity index (χ2n) is 4.95. The van der Waals surface area contributed by atoms with E-state index in [1.807, 2.05) is 7.05 Å². The molecule has 0 fully saturated rings. The first-order chi connectivity index (χ1) is 6.94. The molecule has 0 bridgehead atoms. The Balaban J connectivity index is 2.86. The quantitative estimate of drug-likeness (QED) is 0.816. The lowest BCUT2D eigenvalue weighted by Crippen LogP contribution is -2.31. The molecule has 0 atom stereocenters. The molecule has 1 aromatic rings. The number of hydrogen-bond acceptors (Lipinski definition) is 4. The molecule has 0 aliphatic carbocycles. The largest absolute Gasteiger partial charge is 0.358 e. The predicted octanol–water partition coefficient (Wildman–Crippen LogP) is 1.42. The molecule has 1 rings (SSSR count). The van der Waals surface area contributed by atoms with E-state index in [1.165, 1.54) is 0 Å². The highest BCUT2D eigenvalue weighted by Gasteiger charge is 2.16. The van der Waals surface area contributed by atoms with Crippen LogP contribution < -0.4 is 10.6 Å². The van der Waals surface area contributed by atoms with Gasteiger partial charge in [0.1, 0.15) is 0 Å². The van der Waals surface area contributed by atoms with E-state index in [9.17, 15) is 0 Å².